The summed E-state index contributed by atoms with van der Waals surface area (Å²) in [5.74, 6) is -0.812. The second-order valence-corrected chi connectivity index (χ2v) is 11.0. The number of nitrogens with one attached hydrogen (secondary N) is 1. The zero-order valence-corrected chi connectivity index (χ0v) is 21.0. The molecule has 5 fully saturated rings. The zero-order chi connectivity index (χ0) is 24.8. The highest BCUT2D eigenvalue weighted by molar-refractivity contribution is 5.81. The third-order valence-corrected chi connectivity index (χ3v) is 8.58. The number of hydrogen-bond donors (Lipinski definition) is 1. The Morgan fingerprint density at radius 3 is 2.63 bits per heavy atom. The Hall–Kier alpha value is -2.00. The summed E-state index contributed by atoms with van der Waals surface area (Å²) in [6.45, 7) is 8.09. The first kappa shape index (κ1) is 24.7. The van der Waals surface area contributed by atoms with Gasteiger partial charge in [0.25, 0.3) is 0 Å². The van der Waals surface area contributed by atoms with Crippen molar-refractivity contribution in [3.8, 4) is 0 Å². The van der Waals surface area contributed by atoms with Crippen LogP contribution in [0.15, 0.2) is 30.3 Å². The van der Waals surface area contributed by atoms with E-state index in [1.54, 1.807) is 0 Å². The molecule has 1 aliphatic carbocycles. The van der Waals surface area contributed by atoms with Gasteiger partial charge in [0.1, 0.15) is 0 Å². The lowest BCUT2D eigenvalue weighted by Gasteiger charge is -2.59. The van der Waals surface area contributed by atoms with Crippen LogP contribution in [0.2, 0.25) is 0 Å². The van der Waals surface area contributed by atoms with E-state index in [1.807, 2.05) is 51.1 Å². The van der Waals surface area contributed by atoms with Crippen LogP contribution in [0.1, 0.15) is 77.8 Å². The van der Waals surface area contributed by atoms with E-state index >= 15 is 0 Å². The Morgan fingerprint density at radius 2 is 1.86 bits per heavy atom. The highest BCUT2D eigenvalue weighted by atomic mass is 17.3. The molecule has 1 amide bonds. The van der Waals surface area contributed by atoms with Crippen LogP contribution in [0.5, 0.6) is 0 Å². The van der Waals surface area contributed by atoms with Gasteiger partial charge in [0, 0.05) is 24.7 Å². The molecule has 4 aliphatic heterocycles. The number of hydrogen-bond acceptors (Lipinski definition) is 7. The van der Waals surface area contributed by atoms with Crippen molar-refractivity contribution in [2.45, 2.75) is 96.2 Å². The number of carbonyl (C=O) groups excluding carboxylic acids is 2. The Labute approximate surface area is 206 Å². The molecule has 2 bridgehead atoms. The van der Waals surface area contributed by atoms with Crippen LogP contribution in [0.4, 0.5) is 0 Å². The Morgan fingerprint density at radius 1 is 1.09 bits per heavy atom. The van der Waals surface area contributed by atoms with Crippen molar-refractivity contribution in [1.29, 1.82) is 0 Å². The average Bonchev–Trinajstić information content (AvgIpc) is 3.07. The molecule has 9 atom stereocenters. The van der Waals surface area contributed by atoms with E-state index in [0.717, 1.165) is 31.2 Å². The lowest BCUT2D eigenvalue weighted by Crippen LogP contribution is -2.70. The van der Waals surface area contributed by atoms with E-state index in [4.69, 9.17) is 24.0 Å². The minimum atomic E-state index is -0.875. The van der Waals surface area contributed by atoms with Crippen molar-refractivity contribution in [2.75, 3.05) is 0 Å². The summed E-state index contributed by atoms with van der Waals surface area (Å²) in [4.78, 5) is 37.1. The molecule has 1 spiro atoms. The van der Waals surface area contributed by atoms with Crippen molar-refractivity contribution in [2.24, 2.45) is 23.7 Å². The predicted molar refractivity (Wildman–Crippen MR) is 125 cm³/mol. The number of amides is 1. The minimum absolute atomic E-state index is 0.0156. The fraction of sp³-hybridized carbons (Fsp3) is 0.704. The van der Waals surface area contributed by atoms with Crippen molar-refractivity contribution in [1.82, 2.24) is 5.32 Å². The number of benzene rings is 1. The quantitative estimate of drug-likeness (QED) is 0.470. The molecule has 0 radical (unpaired) electrons. The topological polar surface area (TPSA) is 92.3 Å². The van der Waals surface area contributed by atoms with Crippen LogP contribution in [-0.2, 0) is 33.6 Å². The molecule has 4 saturated heterocycles. The van der Waals surface area contributed by atoms with Gasteiger partial charge < -0.3 is 19.5 Å². The summed E-state index contributed by atoms with van der Waals surface area (Å²) >= 11 is 0. The molecule has 4 heterocycles. The average molecular weight is 488 g/mol. The first-order valence-electron chi connectivity index (χ1n) is 13.0. The van der Waals surface area contributed by atoms with Crippen molar-refractivity contribution < 1.29 is 33.6 Å². The van der Waals surface area contributed by atoms with Gasteiger partial charge in [-0.15, -0.1) is 0 Å². The number of ether oxygens (including phenoxy) is 3. The first-order valence-corrected chi connectivity index (χ1v) is 13.0. The van der Waals surface area contributed by atoms with Crippen LogP contribution in [0, 0.1) is 23.7 Å². The van der Waals surface area contributed by atoms with E-state index in [1.165, 1.54) is 0 Å². The molecule has 1 saturated carbocycles. The van der Waals surface area contributed by atoms with Crippen molar-refractivity contribution in [3.63, 3.8) is 0 Å². The maximum atomic E-state index is 12.7. The monoisotopic (exact) mass is 487 g/mol. The molecular weight excluding hydrogens is 450 g/mol. The summed E-state index contributed by atoms with van der Waals surface area (Å²) in [5, 5.41) is 2.93. The summed E-state index contributed by atoms with van der Waals surface area (Å²) in [7, 11) is 0. The molecule has 0 unspecified atom stereocenters. The molecule has 5 aliphatic rings. The van der Waals surface area contributed by atoms with Gasteiger partial charge in [0.15, 0.2) is 11.9 Å². The van der Waals surface area contributed by atoms with Gasteiger partial charge in [0.2, 0.25) is 18.0 Å². The SMILES string of the molecule is C[C@H]1[C@H](OC(=O)CCC(=O)N[C@@H](C)c2ccccc2)O[C@H]2O[C@@]3(C)CC[C@H]4[C@@H](C)CC[C@H]1[C@]24OO3. The van der Waals surface area contributed by atoms with Gasteiger partial charge in [-0.3, -0.25) is 9.59 Å². The summed E-state index contributed by atoms with van der Waals surface area (Å²) in [6, 6.07) is 9.58. The van der Waals surface area contributed by atoms with E-state index < -0.39 is 29.9 Å². The normalized spacial score (nSPS) is 40.8. The van der Waals surface area contributed by atoms with Gasteiger partial charge in [-0.25, -0.2) is 9.78 Å². The number of carbonyl (C=O) groups is 2. The highest BCUT2D eigenvalue weighted by Crippen LogP contribution is 2.60. The lowest BCUT2D eigenvalue weighted by molar-refractivity contribution is -0.576. The largest absolute Gasteiger partial charge is 0.435 e. The minimum Gasteiger partial charge on any atom is -0.435 e. The third kappa shape index (κ3) is 4.50. The van der Waals surface area contributed by atoms with E-state index in [-0.39, 0.29) is 42.5 Å². The Kier molecular flexibility index (Phi) is 6.68. The fourth-order valence-electron chi connectivity index (χ4n) is 6.55. The van der Waals surface area contributed by atoms with Crippen LogP contribution in [0.3, 0.4) is 0 Å². The maximum absolute atomic E-state index is 12.7. The third-order valence-electron chi connectivity index (χ3n) is 8.58. The zero-order valence-electron chi connectivity index (χ0n) is 21.0. The van der Waals surface area contributed by atoms with Crippen molar-refractivity contribution in [3.05, 3.63) is 35.9 Å². The number of fused-ring (bicyclic) bond motifs is 2. The lowest BCUT2D eigenvalue weighted by atomic mass is 9.58. The molecule has 35 heavy (non-hydrogen) atoms. The van der Waals surface area contributed by atoms with Gasteiger partial charge in [0.05, 0.1) is 12.5 Å². The van der Waals surface area contributed by atoms with Crippen LogP contribution < -0.4 is 5.32 Å². The molecule has 6 rings (SSSR count). The smallest absolute Gasteiger partial charge is 0.308 e. The standard InChI is InChI=1S/C27H37NO7/c1-16-10-11-21-17(2)24(32-25-27(21)20(16)14-15-26(4,33-25)34-35-27)31-23(30)13-12-22(29)28-18(3)19-8-6-5-7-9-19/h5-9,16-18,20-21,24-25H,10-15H2,1-4H3,(H,28,29)/t16-,17+,18-,20-,21+,24+,25-,26+,27-/m0/s1. The first-order chi connectivity index (χ1) is 16.7. The Balaban J connectivity index is 1.21. The molecule has 1 aromatic carbocycles. The predicted octanol–water partition coefficient (Wildman–Crippen LogP) is 4.40. The van der Waals surface area contributed by atoms with Gasteiger partial charge in [-0.05, 0) is 50.5 Å². The maximum Gasteiger partial charge on any atom is 0.308 e. The van der Waals surface area contributed by atoms with E-state index in [2.05, 4.69) is 12.2 Å². The molecule has 0 aromatic heterocycles. The molecular formula is C27H37NO7. The molecule has 192 valence electrons. The summed E-state index contributed by atoms with van der Waals surface area (Å²) in [5.41, 5.74) is 0.322. The molecule has 1 N–H and O–H groups in total. The number of esters is 1. The van der Waals surface area contributed by atoms with Crippen LogP contribution in [-0.4, -0.2) is 35.8 Å². The second-order valence-electron chi connectivity index (χ2n) is 11.0. The molecule has 8 nitrogen and oxygen atoms in total. The van der Waals surface area contributed by atoms with Crippen LogP contribution in [0.25, 0.3) is 0 Å². The number of rotatable bonds is 6. The molecule has 8 heteroatoms. The summed E-state index contributed by atoms with van der Waals surface area (Å²) in [6.07, 6.45) is 2.30. The second kappa shape index (κ2) is 9.47. The fourth-order valence-corrected chi connectivity index (χ4v) is 6.55. The van der Waals surface area contributed by atoms with Gasteiger partial charge in [-0.2, -0.15) is 0 Å². The molecule has 1 aromatic rings. The van der Waals surface area contributed by atoms with E-state index in [9.17, 15) is 9.59 Å². The van der Waals surface area contributed by atoms with Crippen LogP contribution >= 0.6 is 0 Å². The van der Waals surface area contributed by atoms with Gasteiger partial charge >= 0.3 is 5.97 Å². The summed E-state index contributed by atoms with van der Waals surface area (Å²) < 4.78 is 18.4. The van der Waals surface area contributed by atoms with Crippen molar-refractivity contribution >= 4 is 11.9 Å². The Bertz CT molecular complexity index is 941. The highest BCUT2D eigenvalue weighted by Gasteiger charge is 2.69. The van der Waals surface area contributed by atoms with Gasteiger partial charge in [-0.1, -0.05) is 44.2 Å². The van der Waals surface area contributed by atoms with E-state index in [0.29, 0.717) is 5.92 Å².